The Morgan fingerprint density at radius 3 is 2.82 bits per heavy atom. The maximum Gasteiger partial charge on any atom is 0.407 e. The SMILES string of the molecule is CC(C)(C)OC(=O)NCCOc1cccc(C#CCCO)c1. The average molecular weight is 305 g/mol. The number of benzene rings is 1. The fraction of sp³-hybridized carbons (Fsp3) is 0.471. The highest BCUT2D eigenvalue weighted by atomic mass is 16.6. The summed E-state index contributed by atoms with van der Waals surface area (Å²) in [5.74, 6) is 6.48. The van der Waals surface area contributed by atoms with Gasteiger partial charge in [0.2, 0.25) is 0 Å². The van der Waals surface area contributed by atoms with Crippen LogP contribution in [0.5, 0.6) is 5.75 Å². The lowest BCUT2D eigenvalue weighted by molar-refractivity contribution is 0.0520. The lowest BCUT2D eigenvalue weighted by Gasteiger charge is -2.19. The number of rotatable bonds is 5. The van der Waals surface area contributed by atoms with Gasteiger partial charge < -0.3 is 19.9 Å². The lowest BCUT2D eigenvalue weighted by atomic mass is 10.2. The highest BCUT2D eigenvalue weighted by molar-refractivity contribution is 5.67. The monoisotopic (exact) mass is 305 g/mol. The molecule has 0 saturated carbocycles. The molecule has 0 aromatic heterocycles. The molecular formula is C17H23NO4. The molecule has 2 N–H and O–H groups in total. The van der Waals surface area contributed by atoms with Gasteiger partial charge in [0.1, 0.15) is 18.0 Å². The van der Waals surface area contributed by atoms with Crippen LogP contribution in [-0.4, -0.2) is 36.6 Å². The fourth-order valence-corrected chi connectivity index (χ4v) is 1.52. The second-order valence-corrected chi connectivity index (χ2v) is 5.58. The minimum Gasteiger partial charge on any atom is -0.492 e. The smallest absolute Gasteiger partial charge is 0.407 e. The molecule has 1 aromatic rings. The van der Waals surface area contributed by atoms with Crippen molar-refractivity contribution in [2.24, 2.45) is 0 Å². The number of aliphatic hydroxyl groups excluding tert-OH is 1. The molecular weight excluding hydrogens is 282 g/mol. The maximum atomic E-state index is 11.4. The summed E-state index contributed by atoms with van der Waals surface area (Å²) >= 11 is 0. The van der Waals surface area contributed by atoms with Gasteiger partial charge in [-0.1, -0.05) is 17.9 Å². The molecule has 0 aliphatic heterocycles. The molecule has 5 heteroatoms. The highest BCUT2D eigenvalue weighted by Gasteiger charge is 2.15. The number of alkyl carbamates (subject to hydrolysis) is 1. The molecule has 0 unspecified atom stereocenters. The highest BCUT2D eigenvalue weighted by Crippen LogP contribution is 2.12. The average Bonchev–Trinajstić information content (AvgIpc) is 2.43. The largest absolute Gasteiger partial charge is 0.492 e. The fourth-order valence-electron chi connectivity index (χ4n) is 1.52. The maximum absolute atomic E-state index is 11.4. The molecule has 0 aliphatic rings. The van der Waals surface area contributed by atoms with Crippen molar-refractivity contribution in [1.29, 1.82) is 0 Å². The minimum atomic E-state index is -0.507. The van der Waals surface area contributed by atoms with Crippen molar-refractivity contribution in [3.05, 3.63) is 29.8 Å². The molecule has 0 atom stereocenters. The van der Waals surface area contributed by atoms with Crippen LogP contribution in [0.3, 0.4) is 0 Å². The lowest BCUT2D eigenvalue weighted by Crippen LogP contribution is -2.34. The van der Waals surface area contributed by atoms with Gasteiger partial charge in [-0.05, 0) is 39.0 Å². The molecule has 1 aromatic carbocycles. The quantitative estimate of drug-likeness (QED) is 0.647. The van der Waals surface area contributed by atoms with E-state index in [9.17, 15) is 4.79 Å². The van der Waals surface area contributed by atoms with Crippen LogP contribution >= 0.6 is 0 Å². The van der Waals surface area contributed by atoms with Crippen molar-refractivity contribution >= 4 is 6.09 Å². The Morgan fingerprint density at radius 1 is 1.36 bits per heavy atom. The summed E-state index contributed by atoms with van der Waals surface area (Å²) in [6.45, 7) is 6.19. The Hall–Kier alpha value is -2.19. The van der Waals surface area contributed by atoms with E-state index in [2.05, 4.69) is 17.2 Å². The summed E-state index contributed by atoms with van der Waals surface area (Å²) in [4.78, 5) is 11.4. The standard InChI is InChI=1S/C17H23NO4/c1-17(2,3)22-16(20)18-10-12-21-15-9-6-8-14(13-15)7-4-5-11-19/h6,8-9,13,19H,5,10-12H2,1-3H3,(H,18,20). The van der Waals surface area contributed by atoms with Gasteiger partial charge >= 0.3 is 6.09 Å². The second-order valence-electron chi connectivity index (χ2n) is 5.58. The molecule has 0 aliphatic carbocycles. The van der Waals surface area contributed by atoms with E-state index in [1.807, 2.05) is 45.0 Å². The first-order valence-electron chi connectivity index (χ1n) is 7.20. The first kappa shape index (κ1) is 17.9. The van der Waals surface area contributed by atoms with Crippen molar-refractivity contribution in [1.82, 2.24) is 5.32 Å². The molecule has 0 radical (unpaired) electrons. The molecule has 120 valence electrons. The number of amides is 1. The van der Waals surface area contributed by atoms with Crippen LogP contribution in [0.15, 0.2) is 24.3 Å². The van der Waals surface area contributed by atoms with Gasteiger partial charge in [-0.25, -0.2) is 4.79 Å². The molecule has 0 heterocycles. The Bertz CT molecular complexity index is 538. The third-order valence-corrected chi connectivity index (χ3v) is 2.34. The number of hydrogen-bond acceptors (Lipinski definition) is 4. The van der Waals surface area contributed by atoms with Crippen molar-refractivity contribution in [3.63, 3.8) is 0 Å². The predicted octanol–water partition coefficient (Wildman–Crippen LogP) is 2.32. The number of aliphatic hydroxyl groups is 1. The van der Waals surface area contributed by atoms with E-state index in [1.54, 1.807) is 0 Å². The van der Waals surface area contributed by atoms with Crippen molar-refractivity contribution < 1.29 is 19.4 Å². The molecule has 22 heavy (non-hydrogen) atoms. The summed E-state index contributed by atoms with van der Waals surface area (Å²) in [5, 5.41) is 11.3. The van der Waals surface area contributed by atoms with Crippen molar-refractivity contribution in [2.45, 2.75) is 32.8 Å². The van der Waals surface area contributed by atoms with Crippen LogP contribution in [0.25, 0.3) is 0 Å². The number of carbonyl (C=O) groups is 1. The summed E-state index contributed by atoms with van der Waals surface area (Å²) in [7, 11) is 0. The van der Waals surface area contributed by atoms with Gasteiger partial charge in [-0.15, -0.1) is 0 Å². The van der Waals surface area contributed by atoms with Crippen LogP contribution in [0.1, 0.15) is 32.8 Å². The van der Waals surface area contributed by atoms with Gasteiger partial charge in [-0.3, -0.25) is 0 Å². The van der Waals surface area contributed by atoms with Gasteiger partial charge in [-0.2, -0.15) is 0 Å². The first-order valence-corrected chi connectivity index (χ1v) is 7.20. The van der Waals surface area contributed by atoms with Crippen LogP contribution in [-0.2, 0) is 4.74 Å². The zero-order chi connectivity index (χ0) is 16.4. The minimum absolute atomic E-state index is 0.0551. The van der Waals surface area contributed by atoms with Crippen molar-refractivity contribution in [2.75, 3.05) is 19.8 Å². The normalized spacial score (nSPS) is 10.4. The third kappa shape index (κ3) is 8.18. The summed E-state index contributed by atoms with van der Waals surface area (Å²) in [6.07, 6.45) is -0.00929. The first-order chi connectivity index (χ1) is 10.4. The second kappa shape index (κ2) is 8.96. The summed E-state index contributed by atoms with van der Waals surface area (Å²) in [6, 6.07) is 7.36. The van der Waals surface area contributed by atoms with Crippen LogP contribution in [0, 0.1) is 11.8 Å². The van der Waals surface area contributed by atoms with Gasteiger partial charge in [0.15, 0.2) is 0 Å². The number of carbonyl (C=O) groups excluding carboxylic acids is 1. The molecule has 0 spiro atoms. The van der Waals surface area contributed by atoms with Gasteiger partial charge in [0, 0.05) is 12.0 Å². The molecule has 0 saturated heterocycles. The zero-order valence-corrected chi connectivity index (χ0v) is 13.3. The predicted molar refractivity (Wildman–Crippen MR) is 84.8 cm³/mol. The Labute approximate surface area is 131 Å². The topological polar surface area (TPSA) is 67.8 Å². The van der Waals surface area contributed by atoms with E-state index in [-0.39, 0.29) is 6.61 Å². The van der Waals surface area contributed by atoms with Crippen molar-refractivity contribution in [3.8, 4) is 17.6 Å². The Morgan fingerprint density at radius 2 is 2.14 bits per heavy atom. The number of ether oxygens (including phenoxy) is 2. The molecule has 0 fully saturated rings. The van der Waals surface area contributed by atoms with E-state index < -0.39 is 11.7 Å². The van der Waals surface area contributed by atoms with E-state index in [1.165, 1.54) is 0 Å². The molecule has 0 bridgehead atoms. The number of hydrogen-bond donors (Lipinski definition) is 2. The molecule has 1 rings (SSSR count). The molecule has 5 nitrogen and oxygen atoms in total. The van der Waals surface area contributed by atoms with E-state index in [4.69, 9.17) is 14.6 Å². The van der Waals surface area contributed by atoms with Crippen LogP contribution in [0.2, 0.25) is 0 Å². The molecule has 1 amide bonds. The van der Waals surface area contributed by atoms with Crippen LogP contribution in [0.4, 0.5) is 4.79 Å². The van der Waals surface area contributed by atoms with Crippen LogP contribution < -0.4 is 10.1 Å². The van der Waals surface area contributed by atoms with E-state index in [0.717, 1.165) is 5.56 Å². The van der Waals surface area contributed by atoms with Gasteiger partial charge in [0.25, 0.3) is 0 Å². The Kier molecular flexibility index (Phi) is 7.27. The Balaban J connectivity index is 2.35. The van der Waals surface area contributed by atoms with E-state index in [0.29, 0.717) is 25.3 Å². The third-order valence-electron chi connectivity index (χ3n) is 2.34. The summed E-state index contributed by atoms with van der Waals surface area (Å²) in [5.41, 5.74) is 0.318. The zero-order valence-electron chi connectivity index (χ0n) is 13.3. The summed E-state index contributed by atoms with van der Waals surface area (Å²) < 4.78 is 10.7. The van der Waals surface area contributed by atoms with E-state index >= 15 is 0 Å². The van der Waals surface area contributed by atoms with Gasteiger partial charge in [0.05, 0.1) is 13.2 Å². The number of nitrogens with one attached hydrogen (secondary N) is 1.